The van der Waals surface area contributed by atoms with Gasteiger partial charge in [-0.3, -0.25) is 0 Å². The number of para-hydroxylation sites is 3. The predicted octanol–water partition coefficient (Wildman–Crippen LogP) is 11.2. The molecule has 0 spiro atoms. The second-order valence-corrected chi connectivity index (χ2v) is 17.7. The SMILES string of the molecule is Cc1ccc(S(F)(c2ncc(-c3ccccc3)[nH]2)(c2nc3ccccc3[nH]2)(c2c[nH]c3ccccc23)c2c[nH]c3cc(Cl)ccc23)cc1. The average Bonchev–Trinajstić information content (AvgIpc) is 3.94. The number of nitrogens with one attached hydrogen (secondary N) is 4. The number of nitrogens with zero attached hydrogens (tertiary/aromatic N) is 2. The summed E-state index contributed by atoms with van der Waals surface area (Å²) < 4.78 is 22.4. The van der Waals surface area contributed by atoms with Crippen LogP contribution in [0.2, 0.25) is 5.02 Å². The number of aromatic nitrogens is 6. The van der Waals surface area contributed by atoms with E-state index in [0.29, 0.717) is 52.7 Å². The van der Waals surface area contributed by atoms with Crippen LogP contribution in [0, 0.1) is 6.92 Å². The van der Waals surface area contributed by atoms with Crippen LogP contribution in [0.1, 0.15) is 5.56 Å². The van der Waals surface area contributed by atoms with E-state index in [0.717, 1.165) is 16.6 Å². The zero-order valence-corrected chi connectivity index (χ0v) is 27.4. The molecule has 0 saturated heterocycles. The van der Waals surface area contributed by atoms with Gasteiger partial charge in [0.05, 0.1) is 22.9 Å². The summed E-state index contributed by atoms with van der Waals surface area (Å²) in [7, 11) is -6.19. The summed E-state index contributed by atoms with van der Waals surface area (Å²) in [6.07, 6.45) is 5.31. The molecule has 5 aromatic carbocycles. The molecule has 0 bridgehead atoms. The molecule has 0 atom stereocenters. The monoisotopic (exact) mass is 668 g/mol. The first-order valence-electron chi connectivity index (χ1n) is 15.6. The Morgan fingerprint density at radius 1 is 0.646 bits per heavy atom. The maximum atomic E-state index is 22.4. The van der Waals surface area contributed by atoms with Gasteiger partial charge >= 0.3 is 0 Å². The van der Waals surface area contributed by atoms with E-state index >= 15 is 3.89 Å². The van der Waals surface area contributed by atoms with E-state index < -0.39 is 8.68 Å². The zero-order valence-electron chi connectivity index (χ0n) is 25.8. The molecule has 4 aromatic heterocycles. The molecule has 0 amide bonds. The molecule has 6 nitrogen and oxygen atoms in total. The van der Waals surface area contributed by atoms with Crippen LogP contribution in [-0.2, 0) is 0 Å². The third-order valence-electron chi connectivity index (χ3n) is 9.71. The van der Waals surface area contributed by atoms with Crippen molar-refractivity contribution in [3.8, 4) is 11.3 Å². The van der Waals surface area contributed by atoms with Crippen molar-refractivity contribution in [3.05, 3.63) is 151 Å². The Kier molecular flexibility index (Phi) is 5.80. The minimum Gasteiger partial charge on any atom is -0.360 e. The van der Waals surface area contributed by atoms with Gasteiger partial charge in [-0.25, -0.2) is 9.97 Å². The molecule has 9 heteroatoms. The van der Waals surface area contributed by atoms with E-state index in [-0.39, 0.29) is 10.3 Å². The van der Waals surface area contributed by atoms with Gasteiger partial charge in [0.1, 0.15) is 0 Å². The van der Waals surface area contributed by atoms with Crippen molar-refractivity contribution in [2.24, 2.45) is 0 Å². The van der Waals surface area contributed by atoms with Crippen molar-refractivity contribution in [1.82, 2.24) is 29.9 Å². The summed E-state index contributed by atoms with van der Waals surface area (Å²) >= 11 is 6.54. The van der Waals surface area contributed by atoms with E-state index in [1.54, 1.807) is 24.7 Å². The Morgan fingerprint density at radius 2 is 1.31 bits per heavy atom. The molecular formula is C39H30ClFN6S. The van der Waals surface area contributed by atoms with E-state index in [2.05, 4.69) is 19.9 Å². The fourth-order valence-corrected chi connectivity index (χ4v) is 13.9. The molecule has 0 aliphatic heterocycles. The van der Waals surface area contributed by atoms with Crippen LogP contribution < -0.4 is 0 Å². The van der Waals surface area contributed by atoms with Crippen LogP contribution in [0.25, 0.3) is 44.1 Å². The molecular weight excluding hydrogens is 639 g/mol. The molecule has 9 rings (SSSR count). The minimum absolute atomic E-state index is 0.136. The topological polar surface area (TPSA) is 88.9 Å². The second kappa shape index (κ2) is 9.73. The maximum absolute atomic E-state index is 22.4. The molecule has 0 aliphatic rings. The van der Waals surface area contributed by atoms with Gasteiger partial charge in [-0.05, 0) is 55.0 Å². The van der Waals surface area contributed by atoms with Crippen LogP contribution in [0.15, 0.2) is 165 Å². The number of rotatable bonds is 6. The maximum Gasteiger partial charge on any atom is 0.177 e. The van der Waals surface area contributed by atoms with Crippen molar-refractivity contribution in [2.75, 3.05) is 0 Å². The number of imidazole rings is 2. The van der Waals surface area contributed by atoms with Crippen LogP contribution in [0.3, 0.4) is 0 Å². The first-order valence-corrected chi connectivity index (χ1v) is 18.3. The van der Waals surface area contributed by atoms with Crippen LogP contribution >= 0.6 is 20.3 Å². The lowest BCUT2D eigenvalue weighted by Gasteiger charge is -2.68. The van der Waals surface area contributed by atoms with Crippen LogP contribution in [-0.4, -0.2) is 29.9 Å². The van der Waals surface area contributed by atoms with Gasteiger partial charge in [0.15, 0.2) is 10.3 Å². The van der Waals surface area contributed by atoms with Crippen molar-refractivity contribution < 1.29 is 3.89 Å². The van der Waals surface area contributed by atoms with Gasteiger partial charge in [0.25, 0.3) is 0 Å². The fourth-order valence-electron chi connectivity index (χ4n) is 7.36. The Hall–Kier alpha value is -5.57. The number of fused-ring (bicyclic) bond motifs is 3. The summed E-state index contributed by atoms with van der Waals surface area (Å²) in [4.78, 5) is 25.5. The zero-order chi connectivity index (χ0) is 32.6. The highest BCUT2D eigenvalue weighted by Crippen LogP contribution is 3.11. The minimum atomic E-state index is -6.19. The van der Waals surface area contributed by atoms with Crippen molar-refractivity contribution in [3.63, 3.8) is 0 Å². The first kappa shape index (κ1) is 28.6. The Labute approximate surface area is 279 Å². The van der Waals surface area contributed by atoms with Gasteiger partial charge < -0.3 is 19.9 Å². The van der Waals surface area contributed by atoms with Crippen molar-refractivity contribution in [1.29, 1.82) is 0 Å². The van der Waals surface area contributed by atoms with Gasteiger partial charge in [0, 0.05) is 62.6 Å². The van der Waals surface area contributed by atoms with Crippen LogP contribution in [0.5, 0.6) is 0 Å². The summed E-state index contributed by atoms with van der Waals surface area (Å²) in [5.41, 5.74) is 5.39. The highest BCUT2D eigenvalue weighted by molar-refractivity contribution is 8.61. The lowest BCUT2D eigenvalue weighted by atomic mass is 10.2. The number of hydrogen-bond donors (Lipinski definition) is 4. The third kappa shape index (κ3) is 3.38. The quantitative estimate of drug-likeness (QED) is 0.142. The molecule has 48 heavy (non-hydrogen) atoms. The molecule has 236 valence electrons. The predicted molar refractivity (Wildman–Crippen MR) is 193 cm³/mol. The summed E-state index contributed by atoms with van der Waals surface area (Å²) in [6.45, 7) is 2.00. The summed E-state index contributed by atoms with van der Waals surface area (Å²) in [5.74, 6) is 0. The highest BCUT2D eigenvalue weighted by Gasteiger charge is 2.75. The molecule has 0 unspecified atom stereocenters. The number of halogens is 2. The number of hydrogen-bond acceptors (Lipinski definition) is 2. The first-order chi connectivity index (χ1) is 23.4. The number of aromatic amines is 4. The van der Waals surface area contributed by atoms with Crippen molar-refractivity contribution in [2.45, 2.75) is 31.9 Å². The van der Waals surface area contributed by atoms with Gasteiger partial charge in [-0.1, -0.05) is 96.0 Å². The lowest BCUT2D eigenvalue weighted by molar-refractivity contribution is 0.724. The molecule has 0 radical (unpaired) electrons. The largest absolute Gasteiger partial charge is 0.360 e. The molecule has 9 aromatic rings. The standard InChI is InChI=1S/C39H30ClFN6S/c1-25-15-18-28(19-16-25)48(41,36-23-42-31-12-6-5-11-29(31)36,39-45-32-13-7-8-14-33(32)46-39,37-24-43-34-21-27(40)17-20-30(34)37)38-44-22-35(47-38)26-9-3-2-4-10-26/h2-24,42-43H,1H3,(H,44,47)(H,45,46). The number of aryl methyl sites for hydroxylation is 1. The summed E-state index contributed by atoms with van der Waals surface area (Å²) in [6, 6.07) is 38.5. The fraction of sp³-hybridized carbons (Fsp3) is 0.0256. The lowest BCUT2D eigenvalue weighted by Crippen LogP contribution is -2.36. The molecule has 4 N–H and O–H groups in total. The number of benzene rings is 5. The smallest absolute Gasteiger partial charge is 0.177 e. The average molecular weight is 669 g/mol. The van der Waals surface area contributed by atoms with Crippen molar-refractivity contribution >= 4 is 53.1 Å². The highest BCUT2D eigenvalue weighted by atomic mass is 35.5. The molecule has 0 fully saturated rings. The Bertz CT molecular complexity index is 2640. The Balaban J connectivity index is 1.63. The number of H-pyrrole nitrogens is 4. The van der Waals surface area contributed by atoms with E-state index in [1.807, 2.05) is 122 Å². The molecule has 0 aliphatic carbocycles. The summed E-state index contributed by atoms with van der Waals surface area (Å²) in [5, 5.41) is 2.20. The van der Waals surface area contributed by atoms with Crippen LogP contribution in [0.4, 0.5) is 3.89 Å². The van der Waals surface area contributed by atoms with Gasteiger partial charge in [-0.15, -0.1) is 0 Å². The van der Waals surface area contributed by atoms with E-state index in [1.165, 1.54) is 0 Å². The van der Waals surface area contributed by atoms with Gasteiger partial charge in [-0.2, -0.15) is 3.89 Å². The van der Waals surface area contributed by atoms with Gasteiger partial charge in [0.2, 0.25) is 0 Å². The second-order valence-electron chi connectivity index (χ2n) is 12.3. The van der Waals surface area contributed by atoms with E-state index in [9.17, 15) is 0 Å². The molecule has 4 heterocycles. The molecule has 0 saturated carbocycles. The third-order valence-corrected chi connectivity index (χ3v) is 16.3. The van der Waals surface area contributed by atoms with E-state index in [4.69, 9.17) is 21.6 Å². The Morgan fingerprint density at radius 3 is 2.08 bits per heavy atom. The normalized spacial score (nSPS) is 13.6.